The third-order valence-electron chi connectivity index (χ3n) is 6.23. The van der Waals surface area contributed by atoms with E-state index in [2.05, 4.69) is 10.6 Å². The average Bonchev–Trinajstić information content (AvgIpc) is 2.93. The Balaban J connectivity index is 1.65. The highest BCUT2D eigenvalue weighted by Gasteiger charge is 2.34. The number of carbonyl (C=O) groups is 3. The van der Waals surface area contributed by atoms with Crippen molar-refractivity contribution in [2.45, 2.75) is 51.1 Å². The maximum Gasteiger partial charge on any atom is 0.324 e. The number of hydrogen-bond acceptors (Lipinski definition) is 7. The summed E-state index contributed by atoms with van der Waals surface area (Å²) >= 11 is 1.70. The Kier molecular flexibility index (Phi) is 10.0. The van der Waals surface area contributed by atoms with Gasteiger partial charge in [0.25, 0.3) is 0 Å². The Labute approximate surface area is 199 Å². The number of fused-ring (bicyclic) bond motifs is 1. The van der Waals surface area contributed by atoms with Gasteiger partial charge in [0.2, 0.25) is 5.91 Å². The Hall–Kier alpha value is -2.10. The number of esters is 1. The molecule has 182 valence electrons. The van der Waals surface area contributed by atoms with Crippen LogP contribution < -0.4 is 15.5 Å². The van der Waals surface area contributed by atoms with E-state index in [9.17, 15) is 19.5 Å². The van der Waals surface area contributed by atoms with Gasteiger partial charge < -0.3 is 15.2 Å². The van der Waals surface area contributed by atoms with Crippen molar-refractivity contribution in [1.82, 2.24) is 10.6 Å². The van der Waals surface area contributed by atoms with E-state index in [1.165, 1.54) is 17.7 Å². The number of para-hydroxylation sites is 1. The van der Waals surface area contributed by atoms with Gasteiger partial charge in [-0.3, -0.25) is 24.6 Å². The van der Waals surface area contributed by atoms with Crippen LogP contribution in [0.1, 0.15) is 38.2 Å². The van der Waals surface area contributed by atoms with E-state index >= 15 is 0 Å². The van der Waals surface area contributed by atoms with Crippen molar-refractivity contribution >= 4 is 35.3 Å². The summed E-state index contributed by atoms with van der Waals surface area (Å²) in [5.74, 6) is 0.424. The van der Waals surface area contributed by atoms with Crippen molar-refractivity contribution in [1.29, 1.82) is 0 Å². The maximum atomic E-state index is 13.3. The largest absolute Gasteiger partial charge is 0.480 e. The summed E-state index contributed by atoms with van der Waals surface area (Å²) in [5, 5.41) is 16.0. The van der Waals surface area contributed by atoms with Gasteiger partial charge in [-0.05, 0) is 75.4 Å². The van der Waals surface area contributed by atoms with Crippen LogP contribution in [0, 0.1) is 5.92 Å². The van der Waals surface area contributed by atoms with Gasteiger partial charge in [-0.15, -0.1) is 0 Å². The summed E-state index contributed by atoms with van der Waals surface area (Å²) in [6, 6.07) is 6.10. The predicted molar refractivity (Wildman–Crippen MR) is 130 cm³/mol. The molecule has 0 aliphatic carbocycles. The lowest BCUT2D eigenvalue weighted by Gasteiger charge is -2.27. The molecule has 0 saturated carbocycles. The van der Waals surface area contributed by atoms with Gasteiger partial charge in [0.05, 0.1) is 12.6 Å². The first kappa shape index (κ1) is 25.5. The second-order valence-electron chi connectivity index (χ2n) is 8.57. The first-order valence-electron chi connectivity index (χ1n) is 11.8. The van der Waals surface area contributed by atoms with Crippen molar-refractivity contribution in [2.75, 3.05) is 42.6 Å². The second-order valence-corrected chi connectivity index (χ2v) is 9.72. The van der Waals surface area contributed by atoms with Gasteiger partial charge in [0.1, 0.15) is 12.6 Å². The molecule has 1 aromatic rings. The summed E-state index contributed by atoms with van der Waals surface area (Å²) in [5.41, 5.74) is 1.55. The number of thioether (sulfide) groups is 1. The van der Waals surface area contributed by atoms with Gasteiger partial charge >= 0.3 is 11.9 Å². The molecule has 9 heteroatoms. The van der Waals surface area contributed by atoms with Gasteiger partial charge in [-0.1, -0.05) is 18.2 Å². The molecule has 2 unspecified atom stereocenters. The van der Waals surface area contributed by atoms with E-state index in [0.717, 1.165) is 36.7 Å². The molecule has 3 N–H and O–H groups in total. The number of carboxylic acids is 1. The van der Waals surface area contributed by atoms with Crippen LogP contribution in [-0.4, -0.2) is 72.8 Å². The van der Waals surface area contributed by atoms with Crippen molar-refractivity contribution in [3.63, 3.8) is 0 Å². The van der Waals surface area contributed by atoms with E-state index in [1.807, 2.05) is 12.1 Å². The highest BCUT2D eigenvalue weighted by atomic mass is 32.2. The van der Waals surface area contributed by atoms with E-state index < -0.39 is 24.6 Å². The first-order chi connectivity index (χ1) is 16.0. The van der Waals surface area contributed by atoms with Crippen molar-refractivity contribution in [2.24, 2.45) is 5.92 Å². The van der Waals surface area contributed by atoms with Gasteiger partial charge in [-0.25, -0.2) is 0 Å². The fraction of sp³-hybridized carbons (Fsp3) is 0.625. The fourth-order valence-corrected chi connectivity index (χ4v) is 5.59. The molecule has 1 fully saturated rings. The Morgan fingerprint density at radius 2 is 2.03 bits per heavy atom. The first-order valence-corrected chi connectivity index (χ1v) is 13.0. The number of anilines is 1. The highest BCUT2D eigenvalue weighted by Crippen LogP contribution is 2.27. The molecule has 2 aliphatic rings. The molecule has 0 aromatic heterocycles. The lowest BCUT2D eigenvalue weighted by atomic mass is 9.96. The number of amides is 1. The van der Waals surface area contributed by atoms with Crippen LogP contribution >= 0.6 is 11.8 Å². The molecular formula is C24H35N3O5S. The van der Waals surface area contributed by atoms with Crippen molar-refractivity contribution < 1.29 is 24.2 Å². The number of aryl methyl sites for hydroxylation is 1. The number of nitrogens with zero attached hydrogens (tertiary/aromatic N) is 1. The van der Waals surface area contributed by atoms with Crippen LogP contribution in [0.2, 0.25) is 0 Å². The minimum atomic E-state index is -1.07. The molecule has 2 aliphatic heterocycles. The van der Waals surface area contributed by atoms with E-state index in [4.69, 9.17) is 4.74 Å². The smallest absolute Gasteiger partial charge is 0.324 e. The van der Waals surface area contributed by atoms with Crippen LogP contribution in [0.25, 0.3) is 0 Å². The summed E-state index contributed by atoms with van der Waals surface area (Å²) in [4.78, 5) is 38.8. The Bertz CT molecular complexity index is 815. The number of aliphatic carboxylic acids is 1. The zero-order chi connectivity index (χ0) is 23.6. The summed E-state index contributed by atoms with van der Waals surface area (Å²) < 4.78 is 5.27. The molecule has 3 rings (SSSR count). The summed E-state index contributed by atoms with van der Waals surface area (Å²) in [7, 11) is 0. The number of benzene rings is 1. The van der Waals surface area contributed by atoms with Crippen LogP contribution in [-0.2, 0) is 25.5 Å². The van der Waals surface area contributed by atoms with Gasteiger partial charge in [0.15, 0.2) is 0 Å². The highest BCUT2D eigenvalue weighted by molar-refractivity contribution is 7.99. The number of nitrogens with one attached hydrogen (secondary N) is 2. The third kappa shape index (κ3) is 7.45. The molecule has 1 saturated heterocycles. The number of hydrogen-bond donors (Lipinski definition) is 3. The summed E-state index contributed by atoms with van der Waals surface area (Å²) in [6.45, 7) is 3.76. The van der Waals surface area contributed by atoms with E-state index in [0.29, 0.717) is 24.3 Å². The Morgan fingerprint density at radius 1 is 1.27 bits per heavy atom. The number of carboxylic acid groups (broad SMARTS) is 1. The molecule has 1 aromatic carbocycles. The minimum absolute atomic E-state index is 0.270. The zero-order valence-corrected chi connectivity index (χ0v) is 20.1. The predicted octanol–water partition coefficient (Wildman–Crippen LogP) is 2.06. The van der Waals surface area contributed by atoms with Crippen LogP contribution in [0.5, 0.6) is 0 Å². The molecular weight excluding hydrogens is 442 g/mol. The maximum absolute atomic E-state index is 13.3. The number of ether oxygens (including phenoxy) is 1. The standard InChI is InChI=1S/C24H35N3O5S/c1-2-32-24(31)20(16-33-14-11-17-9-12-25-13-10-17)26-19-8-7-18-5-3-4-6-21(18)27(23(19)30)15-22(28)29/h3-6,17,19-20,25-26H,2,7-16H2,1H3,(H,28,29). The van der Waals surface area contributed by atoms with Crippen LogP contribution in [0.4, 0.5) is 5.69 Å². The minimum Gasteiger partial charge on any atom is -0.480 e. The average molecular weight is 478 g/mol. The molecule has 0 spiro atoms. The van der Waals surface area contributed by atoms with E-state index in [-0.39, 0.29) is 18.5 Å². The van der Waals surface area contributed by atoms with Crippen molar-refractivity contribution in [3.05, 3.63) is 29.8 Å². The van der Waals surface area contributed by atoms with Gasteiger partial charge in [0, 0.05) is 11.4 Å². The fourth-order valence-electron chi connectivity index (χ4n) is 4.46. The number of carbonyl (C=O) groups excluding carboxylic acids is 2. The second kappa shape index (κ2) is 13.0. The molecule has 33 heavy (non-hydrogen) atoms. The molecule has 1 amide bonds. The number of piperidine rings is 1. The third-order valence-corrected chi connectivity index (χ3v) is 7.32. The van der Waals surface area contributed by atoms with Crippen LogP contribution in [0.15, 0.2) is 24.3 Å². The van der Waals surface area contributed by atoms with E-state index in [1.54, 1.807) is 30.8 Å². The van der Waals surface area contributed by atoms with Gasteiger partial charge in [-0.2, -0.15) is 11.8 Å². The topological polar surface area (TPSA) is 108 Å². The van der Waals surface area contributed by atoms with Crippen molar-refractivity contribution in [3.8, 4) is 0 Å². The molecule has 2 heterocycles. The Morgan fingerprint density at radius 3 is 2.76 bits per heavy atom. The number of rotatable bonds is 11. The monoisotopic (exact) mass is 477 g/mol. The lowest BCUT2D eigenvalue weighted by molar-refractivity contribution is -0.145. The normalized spacial score (nSPS) is 20.1. The zero-order valence-electron chi connectivity index (χ0n) is 19.3. The SMILES string of the molecule is CCOC(=O)C(CSCCC1CCNCC1)NC1CCc2ccccc2N(CC(=O)O)C1=O. The summed E-state index contributed by atoms with van der Waals surface area (Å²) in [6.07, 6.45) is 4.61. The molecule has 2 atom stereocenters. The molecule has 8 nitrogen and oxygen atoms in total. The molecule has 0 bridgehead atoms. The lowest BCUT2D eigenvalue weighted by Crippen LogP contribution is -2.53. The molecule has 0 radical (unpaired) electrons. The van der Waals surface area contributed by atoms with Crippen LogP contribution in [0.3, 0.4) is 0 Å². The quantitative estimate of drug-likeness (QED) is 0.328.